The number of anilines is 2. The van der Waals surface area contributed by atoms with E-state index in [1.807, 2.05) is 0 Å². The van der Waals surface area contributed by atoms with Gasteiger partial charge in [0.05, 0.1) is 11.3 Å². The van der Waals surface area contributed by atoms with Crippen molar-refractivity contribution in [1.82, 2.24) is 9.62 Å². The molecule has 1 heterocycles. The number of aliphatic carboxylic acids is 1. The van der Waals surface area contributed by atoms with Crippen molar-refractivity contribution in [2.75, 3.05) is 17.2 Å². The average molecular weight is 593 g/mol. The van der Waals surface area contributed by atoms with E-state index < -0.39 is 34.0 Å². The summed E-state index contributed by atoms with van der Waals surface area (Å²) in [6.45, 7) is 0.168. The summed E-state index contributed by atoms with van der Waals surface area (Å²) < 4.78 is 27.3. The summed E-state index contributed by atoms with van der Waals surface area (Å²) in [5, 5.41) is 25.1. The maximum absolute atomic E-state index is 13.1. The number of nitrogens with zero attached hydrogens (tertiary/aromatic N) is 1. The summed E-state index contributed by atoms with van der Waals surface area (Å²) in [5.41, 5.74) is 7.76. The van der Waals surface area contributed by atoms with Crippen molar-refractivity contribution in [3.05, 3.63) is 90.0 Å². The van der Waals surface area contributed by atoms with E-state index in [-0.39, 0.29) is 42.6 Å². The van der Waals surface area contributed by atoms with E-state index in [0.717, 1.165) is 4.31 Å². The van der Waals surface area contributed by atoms with Gasteiger partial charge in [-0.15, -0.1) is 0 Å². The van der Waals surface area contributed by atoms with Crippen LogP contribution in [0.4, 0.5) is 11.4 Å². The molecule has 0 aliphatic carbocycles. The molecule has 3 aromatic carbocycles. The average Bonchev–Trinajstić information content (AvgIpc) is 3.45. The Morgan fingerprint density at radius 1 is 0.952 bits per heavy atom. The van der Waals surface area contributed by atoms with E-state index in [1.165, 1.54) is 12.1 Å². The zero-order valence-corrected chi connectivity index (χ0v) is 23.4. The Bertz CT molecular complexity index is 1560. The number of carbonyl (C=O) groups is 3. The molecule has 1 saturated heterocycles. The Morgan fingerprint density at radius 2 is 1.67 bits per heavy atom. The predicted octanol–water partition coefficient (Wildman–Crippen LogP) is 2.14. The minimum Gasteiger partial charge on any atom is -0.480 e. The number of carboxylic acid groups (broad SMARTS) is 1. The van der Waals surface area contributed by atoms with Crippen molar-refractivity contribution < 1.29 is 27.9 Å². The van der Waals surface area contributed by atoms with Crippen molar-refractivity contribution in [1.29, 1.82) is 5.41 Å². The third-order valence-electron chi connectivity index (χ3n) is 6.72. The minimum atomic E-state index is -3.92. The van der Waals surface area contributed by atoms with Crippen molar-refractivity contribution in [3.8, 4) is 0 Å². The smallest absolute Gasteiger partial charge is 0.326 e. The van der Waals surface area contributed by atoms with Crippen LogP contribution in [0.15, 0.2) is 83.8 Å². The molecule has 0 radical (unpaired) electrons. The maximum Gasteiger partial charge on any atom is 0.326 e. The van der Waals surface area contributed by atoms with Crippen molar-refractivity contribution in [2.24, 2.45) is 5.73 Å². The second-order valence-corrected chi connectivity index (χ2v) is 11.7. The number of hydrogen-bond donors (Lipinski definition) is 6. The number of sulfonamides is 1. The first-order valence-electron chi connectivity index (χ1n) is 13.2. The van der Waals surface area contributed by atoms with Gasteiger partial charge in [-0.2, -0.15) is 4.31 Å². The van der Waals surface area contributed by atoms with Gasteiger partial charge in [0.1, 0.15) is 12.1 Å². The highest BCUT2D eigenvalue weighted by atomic mass is 32.2. The van der Waals surface area contributed by atoms with Gasteiger partial charge in [0.2, 0.25) is 21.8 Å². The Balaban J connectivity index is 1.35. The lowest BCUT2D eigenvalue weighted by atomic mass is 10.0. The lowest BCUT2D eigenvalue weighted by Crippen LogP contribution is -2.51. The van der Waals surface area contributed by atoms with Gasteiger partial charge in [-0.1, -0.05) is 42.5 Å². The fraction of sp³-hybridized carbons (Fsp3) is 0.241. The topological polar surface area (TPSA) is 195 Å². The zero-order valence-electron chi connectivity index (χ0n) is 22.6. The third-order valence-corrected chi connectivity index (χ3v) is 8.64. The number of carbonyl (C=O) groups excluding carboxylic acids is 2. The van der Waals surface area contributed by atoms with Gasteiger partial charge in [-0.05, 0) is 60.4 Å². The van der Waals surface area contributed by atoms with Gasteiger partial charge in [-0.3, -0.25) is 15.0 Å². The second-order valence-electron chi connectivity index (χ2n) is 9.85. The molecule has 0 aromatic heterocycles. The van der Waals surface area contributed by atoms with Crippen molar-refractivity contribution >= 4 is 45.1 Å². The molecule has 13 heteroatoms. The summed E-state index contributed by atoms with van der Waals surface area (Å²) in [4.78, 5) is 37.7. The fourth-order valence-electron chi connectivity index (χ4n) is 4.75. The Labute approximate surface area is 243 Å². The first kappa shape index (κ1) is 30.2. The number of hydrogen-bond acceptors (Lipinski definition) is 6. The van der Waals surface area contributed by atoms with Crippen LogP contribution in [-0.4, -0.2) is 60.2 Å². The molecular formula is C29H32N6O6S. The molecular weight excluding hydrogens is 560 g/mol. The quantitative estimate of drug-likeness (QED) is 0.144. The van der Waals surface area contributed by atoms with E-state index in [4.69, 9.17) is 11.1 Å². The monoisotopic (exact) mass is 592 g/mol. The number of nitrogens with two attached hydrogens (primary N) is 1. The standard InChI is InChI=1S/C29H32N6O6S/c30-29(31)33-22-7-4-6-20(16-22)18-26(36)32-21-13-11-19(12-14-21)17-24(28(38)39)34-27(37)25-10-5-15-35(25)42(40,41)23-8-2-1-3-9-23/h1-4,6-9,11-14,16,24-25H,5,10,15,17-18H2,(H,32,36)(H,34,37)(H,38,39)(H4,30,31,33)/t24-,25-/m0/s1. The van der Waals surface area contributed by atoms with E-state index in [1.54, 1.807) is 66.7 Å². The Kier molecular flexibility index (Phi) is 9.55. The molecule has 7 N–H and O–H groups in total. The minimum absolute atomic E-state index is 0.0383. The van der Waals surface area contributed by atoms with Gasteiger partial charge in [0.25, 0.3) is 0 Å². The Morgan fingerprint density at radius 3 is 2.33 bits per heavy atom. The molecule has 0 bridgehead atoms. The third kappa shape index (κ3) is 7.71. The lowest BCUT2D eigenvalue weighted by molar-refractivity contribution is -0.142. The number of benzene rings is 3. The van der Waals surface area contributed by atoms with Gasteiger partial charge in [-0.25, -0.2) is 13.2 Å². The number of guanidine groups is 1. The van der Waals surface area contributed by atoms with Crippen LogP contribution < -0.4 is 21.7 Å². The lowest BCUT2D eigenvalue weighted by Gasteiger charge is -2.25. The maximum atomic E-state index is 13.1. The number of rotatable bonds is 11. The highest BCUT2D eigenvalue weighted by molar-refractivity contribution is 7.89. The van der Waals surface area contributed by atoms with E-state index >= 15 is 0 Å². The van der Waals surface area contributed by atoms with E-state index in [0.29, 0.717) is 28.9 Å². The Hall–Kier alpha value is -4.75. The summed E-state index contributed by atoms with van der Waals surface area (Å²) in [6, 6.07) is 19.0. The van der Waals surface area contributed by atoms with E-state index in [2.05, 4.69) is 16.0 Å². The highest BCUT2D eigenvalue weighted by Crippen LogP contribution is 2.26. The van der Waals surface area contributed by atoms with Crippen LogP contribution in [0.5, 0.6) is 0 Å². The van der Waals surface area contributed by atoms with Crippen LogP contribution in [0.3, 0.4) is 0 Å². The van der Waals surface area contributed by atoms with E-state index in [9.17, 15) is 27.9 Å². The summed E-state index contributed by atoms with van der Waals surface area (Å²) in [7, 11) is -3.92. The molecule has 0 spiro atoms. The van der Waals surface area contributed by atoms with Gasteiger partial charge >= 0.3 is 5.97 Å². The first-order valence-corrected chi connectivity index (χ1v) is 14.7. The molecule has 12 nitrogen and oxygen atoms in total. The molecule has 0 unspecified atom stereocenters. The van der Waals surface area contributed by atoms with Gasteiger partial charge < -0.3 is 26.8 Å². The van der Waals surface area contributed by atoms with Crippen LogP contribution in [-0.2, 0) is 37.2 Å². The molecule has 1 aliphatic rings. The molecule has 1 aliphatic heterocycles. The molecule has 42 heavy (non-hydrogen) atoms. The highest BCUT2D eigenvalue weighted by Gasteiger charge is 2.40. The fourth-order valence-corrected chi connectivity index (χ4v) is 6.43. The molecule has 2 atom stereocenters. The van der Waals surface area contributed by atoms with Crippen LogP contribution in [0, 0.1) is 5.41 Å². The SMILES string of the molecule is N=C(N)Nc1cccc(CC(=O)Nc2ccc(C[C@H](NC(=O)[C@@H]3CCCN3S(=O)(=O)c3ccccc3)C(=O)O)cc2)c1. The zero-order chi connectivity index (χ0) is 30.3. The van der Waals surface area contributed by atoms with Crippen LogP contribution in [0.25, 0.3) is 0 Å². The number of amides is 2. The summed E-state index contributed by atoms with van der Waals surface area (Å²) >= 11 is 0. The second kappa shape index (κ2) is 13.3. The van der Waals surface area contributed by atoms with Crippen molar-refractivity contribution in [2.45, 2.75) is 42.7 Å². The molecule has 4 rings (SSSR count). The summed E-state index contributed by atoms with van der Waals surface area (Å²) in [5.74, 6) is -2.40. The predicted molar refractivity (Wildman–Crippen MR) is 157 cm³/mol. The molecule has 0 saturated carbocycles. The molecule has 220 valence electrons. The normalized spacial score (nSPS) is 15.9. The van der Waals surface area contributed by atoms with Gasteiger partial charge in [0.15, 0.2) is 5.96 Å². The largest absolute Gasteiger partial charge is 0.480 e. The molecule has 1 fully saturated rings. The number of carboxylic acids is 1. The number of nitrogens with one attached hydrogen (secondary N) is 4. The van der Waals surface area contributed by atoms with Crippen molar-refractivity contribution in [3.63, 3.8) is 0 Å². The molecule has 3 aromatic rings. The van der Waals surface area contributed by atoms with Crippen LogP contribution >= 0.6 is 0 Å². The summed E-state index contributed by atoms with van der Waals surface area (Å²) in [6.07, 6.45) is 0.815. The van der Waals surface area contributed by atoms with Crippen LogP contribution in [0.2, 0.25) is 0 Å². The first-order chi connectivity index (χ1) is 20.0. The van der Waals surface area contributed by atoms with Crippen LogP contribution in [0.1, 0.15) is 24.0 Å². The van der Waals surface area contributed by atoms with Gasteiger partial charge in [0, 0.05) is 24.3 Å². The molecule has 2 amide bonds.